The number of aromatic nitrogens is 1. The molecular weight excluding hydrogens is 362 g/mol. The molecule has 0 atom stereocenters. The van der Waals surface area contributed by atoms with Crippen LogP contribution >= 0.6 is 0 Å². The fraction of sp³-hybridized carbons (Fsp3) is 0.150. The van der Waals surface area contributed by atoms with Crippen LogP contribution in [0.3, 0.4) is 0 Å². The third-order valence-corrected chi connectivity index (χ3v) is 5.54. The van der Waals surface area contributed by atoms with Gasteiger partial charge in [0.2, 0.25) is 0 Å². The van der Waals surface area contributed by atoms with Crippen molar-refractivity contribution in [3.8, 4) is 5.75 Å². The minimum absolute atomic E-state index is 0.203. The molecule has 7 heteroatoms. The number of hydrogen-bond donors (Lipinski definition) is 2. The second-order valence-electron chi connectivity index (χ2n) is 6.12. The van der Waals surface area contributed by atoms with Crippen molar-refractivity contribution in [1.82, 2.24) is 4.98 Å². The van der Waals surface area contributed by atoms with Gasteiger partial charge in [0.15, 0.2) is 0 Å². The van der Waals surface area contributed by atoms with E-state index in [1.54, 1.807) is 51.4 Å². The number of hydrogen-bond acceptors (Lipinski definition) is 5. The third kappa shape index (κ3) is 4.38. The molecule has 1 heterocycles. The molecule has 0 saturated carbocycles. The highest BCUT2D eigenvalue weighted by molar-refractivity contribution is 7.92. The summed E-state index contributed by atoms with van der Waals surface area (Å²) < 4.78 is 33.2. The summed E-state index contributed by atoms with van der Waals surface area (Å²) in [4.78, 5) is 4.40. The van der Waals surface area contributed by atoms with Crippen molar-refractivity contribution < 1.29 is 13.2 Å². The predicted octanol–water partition coefficient (Wildman–Crippen LogP) is 4.25. The molecule has 3 rings (SSSR count). The number of rotatable bonds is 6. The lowest BCUT2D eigenvalue weighted by molar-refractivity contribution is 0.411. The van der Waals surface area contributed by atoms with Crippen LogP contribution in [0.25, 0.3) is 0 Å². The third-order valence-electron chi connectivity index (χ3n) is 4.05. The first-order valence-electron chi connectivity index (χ1n) is 8.35. The van der Waals surface area contributed by atoms with E-state index in [0.717, 1.165) is 16.9 Å². The lowest BCUT2D eigenvalue weighted by Gasteiger charge is -2.13. The van der Waals surface area contributed by atoms with Crippen LogP contribution in [0, 0.1) is 13.8 Å². The van der Waals surface area contributed by atoms with E-state index < -0.39 is 10.0 Å². The Morgan fingerprint density at radius 1 is 0.926 bits per heavy atom. The highest BCUT2D eigenvalue weighted by Gasteiger charge is 2.19. The number of benzene rings is 2. The van der Waals surface area contributed by atoms with Crippen LogP contribution in [0.4, 0.5) is 17.2 Å². The molecule has 0 amide bonds. The maximum Gasteiger partial charge on any atom is 0.263 e. The van der Waals surface area contributed by atoms with E-state index in [9.17, 15) is 8.42 Å². The average molecular weight is 383 g/mol. The van der Waals surface area contributed by atoms with Crippen molar-refractivity contribution in [3.63, 3.8) is 0 Å². The standard InChI is InChI=1S/C20H21N3O3S/c1-14-12-19(15(2)11-18(14)26-3)27(24,25)23-20-10-9-17(13-21-20)22-16-7-5-4-6-8-16/h4-13,22H,1-3H3,(H,21,23). The topological polar surface area (TPSA) is 80.3 Å². The molecule has 0 spiro atoms. The monoisotopic (exact) mass is 383 g/mol. The number of nitrogens with one attached hydrogen (secondary N) is 2. The van der Waals surface area contributed by atoms with Gasteiger partial charge in [-0.2, -0.15) is 0 Å². The number of ether oxygens (including phenoxy) is 1. The SMILES string of the molecule is COc1cc(C)c(S(=O)(=O)Nc2ccc(Nc3ccccc3)cn2)cc1C. The summed E-state index contributed by atoms with van der Waals surface area (Å²) in [6.45, 7) is 3.54. The summed E-state index contributed by atoms with van der Waals surface area (Å²) in [5, 5.41) is 3.20. The Labute approximate surface area is 159 Å². The van der Waals surface area contributed by atoms with E-state index in [2.05, 4.69) is 15.0 Å². The van der Waals surface area contributed by atoms with E-state index in [-0.39, 0.29) is 10.7 Å². The molecule has 0 aliphatic carbocycles. The fourth-order valence-corrected chi connectivity index (χ4v) is 4.00. The molecular formula is C20H21N3O3S. The van der Waals surface area contributed by atoms with Gasteiger partial charge < -0.3 is 10.1 Å². The normalized spacial score (nSPS) is 11.1. The van der Waals surface area contributed by atoms with Gasteiger partial charge in [0.25, 0.3) is 10.0 Å². The number of methoxy groups -OCH3 is 1. The van der Waals surface area contributed by atoms with Crippen LogP contribution in [-0.2, 0) is 10.0 Å². The van der Waals surface area contributed by atoms with Crippen LogP contribution in [0.1, 0.15) is 11.1 Å². The molecule has 2 aromatic carbocycles. The zero-order valence-electron chi connectivity index (χ0n) is 15.4. The Kier molecular flexibility index (Phi) is 5.32. The maximum absolute atomic E-state index is 12.7. The van der Waals surface area contributed by atoms with Gasteiger partial charge >= 0.3 is 0 Å². The summed E-state index contributed by atoms with van der Waals surface area (Å²) in [5.74, 6) is 0.905. The first-order chi connectivity index (χ1) is 12.9. The van der Waals surface area contributed by atoms with Crippen LogP contribution in [0.2, 0.25) is 0 Å². The van der Waals surface area contributed by atoms with Crippen LogP contribution in [-0.4, -0.2) is 20.5 Å². The molecule has 0 bridgehead atoms. The molecule has 1 aromatic heterocycles. The highest BCUT2D eigenvalue weighted by atomic mass is 32.2. The second kappa shape index (κ2) is 7.67. The highest BCUT2D eigenvalue weighted by Crippen LogP contribution is 2.27. The summed E-state index contributed by atoms with van der Waals surface area (Å²) in [7, 11) is -2.19. The summed E-state index contributed by atoms with van der Waals surface area (Å²) in [5.41, 5.74) is 3.05. The van der Waals surface area contributed by atoms with Gasteiger partial charge in [-0.15, -0.1) is 0 Å². The summed E-state index contributed by atoms with van der Waals surface area (Å²) in [6, 6.07) is 16.4. The van der Waals surface area contributed by atoms with Crippen molar-refractivity contribution in [2.45, 2.75) is 18.7 Å². The van der Waals surface area contributed by atoms with Crippen molar-refractivity contribution in [2.24, 2.45) is 0 Å². The lowest BCUT2D eigenvalue weighted by atomic mass is 10.1. The van der Waals surface area contributed by atoms with Gasteiger partial charge in [0, 0.05) is 5.69 Å². The number of anilines is 3. The molecule has 0 fully saturated rings. The van der Waals surface area contributed by atoms with Gasteiger partial charge in [0.1, 0.15) is 11.6 Å². The summed E-state index contributed by atoms with van der Waals surface area (Å²) >= 11 is 0. The smallest absolute Gasteiger partial charge is 0.263 e. The first-order valence-corrected chi connectivity index (χ1v) is 9.83. The van der Waals surface area contributed by atoms with E-state index in [1.807, 2.05) is 30.3 Å². The van der Waals surface area contributed by atoms with Crippen LogP contribution < -0.4 is 14.8 Å². The Morgan fingerprint density at radius 2 is 1.67 bits per heavy atom. The maximum atomic E-state index is 12.7. The molecule has 0 aliphatic heterocycles. The fourth-order valence-electron chi connectivity index (χ4n) is 2.68. The van der Waals surface area contributed by atoms with Crippen molar-refractivity contribution in [3.05, 3.63) is 71.9 Å². The summed E-state index contributed by atoms with van der Waals surface area (Å²) in [6.07, 6.45) is 1.58. The number of para-hydroxylation sites is 1. The zero-order valence-corrected chi connectivity index (χ0v) is 16.2. The number of sulfonamides is 1. The van der Waals surface area contributed by atoms with E-state index in [1.165, 1.54) is 0 Å². The van der Waals surface area contributed by atoms with Gasteiger partial charge in [-0.1, -0.05) is 18.2 Å². The van der Waals surface area contributed by atoms with Gasteiger partial charge in [-0.25, -0.2) is 13.4 Å². The Hall–Kier alpha value is -3.06. The molecule has 0 saturated heterocycles. The lowest BCUT2D eigenvalue weighted by Crippen LogP contribution is -2.15. The molecule has 2 N–H and O–H groups in total. The second-order valence-corrected chi connectivity index (χ2v) is 7.77. The van der Waals surface area contributed by atoms with Gasteiger partial charge in [0.05, 0.1) is 23.9 Å². The van der Waals surface area contributed by atoms with Crippen LogP contribution in [0.5, 0.6) is 5.75 Å². The number of pyridine rings is 1. The van der Waals surface area contributed by atoms with E-state index in [4.69, 9.17) is 4.74 Å². The Bertz CT molecular complexity index is 1030. The number of nitrogens with zero attached hydrogens (tertiary/aromatic N) is 1. The van der Waals surface area contributed by atoms with Crippen molar-refractivity contribution in [2.75, 3.05) is 17.1 Å². The number of aryl methyl sites for hydroxylation is 2. The largest absolute Gasteiger partial charge is 0.496 e. The van der Waals surface area contributed by atoms with E-state index in [0.29, 0.717) is 11.3 Å². The molecule has 0 unspecified atom stereocenters. The molecule has 0 radical (unpaired) electrons. The van der Waals surface area contributed by atoms with Crippen molar-refractivity contribution in [1.29, 1.82) is 0 Å². The molecule has 0 aliphatic rings. The van der Waals surface area contributed by atoms with Crippen LogP contribution in [0.15, 0.2) is 65.7 Å². The predicted molar refractivity (Wildman–Crippen MR) is 107 cm³/mol. The molecule has 3 aromatic rings. The first kappa shape index (κ1) is 18.7. The average Bonchev–Trinajstić information content (AvgIpc) is 2.65. The molecule has 27 heavy (non-hydrogen) atoms. The molecule has 6 nitrogen and oxygen atoms in total. The van der Waals surface area contributed by atoms with E-state index >= 15 is 0 Å². The Balaban J connectivity index is 1.79. The molecule has 140 valence electrons. The zero-order chi connectivity index (χ0) is 19.4. The minimum atomic E-state index is -3.75. The Morgan fingerprint density at radius 3 is 2.30 bits per heavy atom. The van der Waals surface area contributed by atoms with Crippen molar-refractivity contribution >= 4 is 27.2 Å². The van der Waals surface area contributed by atoms with Gasteiger partial charge in [-0.3, -0.25) is 4.72 Å². The van der Waals surface area contributed by atoms with Gasteiger partial charge in [-0.05, 0) is 61.4 Å². The quantitative estimate of drug-likeness (QED) is 0.665. The minimum Gasteiger partial charge on any atom is -0.496 e.